The molecule has 150 valence electrons. The average molecular weight is 619 g/mol. The normalized spacial score (nSPS) is 15.3. The van der Waals surface area contributed by atoms with Crippen molar-refractivity contribution in [3.63, 3.8) is 0 Å². The van der Waals surface area contributed by atoms with Crippen LogP contribution in [0.5, 0.6) is 0 Å². The van der Waals surface area contributed by atoms with Crippen molar-refractivity contribution in [2.24, 2.45) is 7.05 Å². The quantitative estimate of drug-likeness (QED) is 0.362. The van der Waals surface area contributed by atoms with Gasteiger partial charge in [-0.05, 0) is 38.9 Å². The molecule has 29 heavy (non-hydrogen) atoms. The van der Waals surface area contributed by atoms with Crippen LogP contribution >= 0.6 is 41.5 Å². The first kappa shape index (κ1) is 20.3. The molecule has 3 aromatic rings. The first-order valence-corrected chi connectivity index (χ1v) is 13.5. The number of hydrogen-bond acceptors (Lipinski definition) is 3. The standard InChI is InChI=1S/C20H16FI2N3O3/c1-23-14-15(18(27)24-17(23)16(21)22)26(20(29)25(2)19(14)28)10-12-8-5-7-11-6-3-4-9-13(11)12/h3-9,16H,1,10H2,2H3,(H,24,27). The fourth-order valence-electron chi connectivity index (χ4n) is 3.39. The maximum Gasteiger partial charge on any atom is 0.331 e. The molecule has 2 heterocycles. The third kappa shape index (κ3) is 3.33. The summed E-state index contributed by atoms with van der Waals surface area (Å²) >= 11 is -1.17. The Labute approximate surface area is 184 Å². The molecule has 1 atom stereocenters. The molecule has 1 aromatic heterocycles. The van der Waals surface area contributed by atoms with E-state index in [1.165, 1.54) is 11.6 Å². The summed E-state index contributed by atoms with van der Waals surface area (Å²) in [5.41, 5.74) is -0.304. The molecule has 0 radical (unpaired) electrons. The van der Waals surface area contributed by atoms with Crippen molar-refractivity contribution in [3.8, 4) is 0 Å². The molecule has 1 unspecified atom stereocenters. The molecule has 1 aliphatic heterocycles. The van der Waals surface area contributed by atoms with Gasteiger partial charge in [0.1, 0.15) is 5.69 Å². The topological polar surface area (TPSA) is 73.1 Å². The second-order valence-electron chi connectivity index (χ2n) is 6.50. The molecule has 6 nitrogen and oxygen atoms in total. The van der Waals surface area contributed by atoms with Crippen molar-refractivity contribution >= 4 is 66.3 Å². The van der Waals surface area contributed by atoms with E-state index in [9.17, 15) is 18.8 Å². The molecular weight excluding hydrogens is 603 g/mol. The number of alkyl halides is 2. The van der Waals surface area contributed by atoms with Crippen molar-refractivity contribution < 1.29 is 9.18 Å². The van der Waals surface area contributed by atoms with Gasteiger partial charge in [-0.3, -0.25) is 18.7 Å². The molecule has 9 heteroatoms. The smallest absolute Gasteiger partial charge is 0.316 e. The van der Waals surface area contributed by atoms with Gasteiger partial charge in [0.05, 0.1) is 13.7 Å². The van der Waals surface area contributed by atoms with E-state index in [1.807, 2.05) is 42.5 Å². The Morgan fingerprint density at radius 3 is 2.59 bits per heavy atom. The molecule has 4 rings (SSSR count). The predicted octanol–water partition coefficient (Wildman–Crippen LogP) is 2.46. The number of benzene rings is 2. The number of fused-ring (bicyclic) bond motifs is 2. The molecule has 1 N–H and O–H groups in total. The number of nitrogens with zero attached hydrogens (tertiary/aromatic N) is 2. The Morgan fingerprint density at radius 1 is 1.17 bits per heavy atom. The Bertz CT molecular complexity index is 1380. The molecule has 1 amide bonds. The average Bonchev–Trinajstić information content (AvgIpc) is 2.71. The van der Waals surface area contributed by atoms with Crippen molar-refractivity contribution in [2.75, 3.05) is 0 Å². The maximum absolute atomic E-state index is 14.0. The van der Waals surface area contributed by atoms with Gasteiger partial charge in [0, 0.05) is 7.05 Å². The van der Waals surface area contributed by atoms with E-state index in [1.54, 1.807) is 22.6 Å². The summed E-state index contributed by atoms with van der Waals surface area (Å²) in [4.78, 5) is 38.6. The van der Waals surface area contributed by atoms with E-state index >= 15 is 0 Å². The summed E-state index contributed by atoms with van der Waals surface area (Å²) in [7, 11) is 1.37. The third-order valence-electron chi connectivity index (χ3n) is 4.81. The van der Waals surface area contributed by atoms with Crippen LogP contribution in [0.1, 0.15) is 16.1 Å². The van der Waals surface area contributed by atoms with Gasteiger partial charge in [0.25, 0.3) is 11.5 Å². The van der Waals surface area contributed by atoms with Gasteiger partial charge in [0.15, 0.2) is 4.18 Å². The first-order chi connectivity index (χ1) is 13.8. The van der Waals surface area contributed by atoms with E-state index < -0.39 is 40.2 Å². The Balaban J connectivity index is 2.03. The Morgan fingerprint density at radius 2 is 1.86 bits per heavy atom. The fraction of sp³-hybridized carbons (Fsp3) is 0.150. The van der Waals surface area contributed by atoms with Crippen LogP contribution in [-0.2, 0) is 13.6 Å². The van der Waals surface area contributed by atoms with Crippen LogP contribution in [0.4, 0.5) is 4.39 Å². The molecule has 0 spiro atoms. The summed E-state index contributed by atoms with van der Waals surface area (Å²) in [5.74, 6) is -0.637. The minimum atomic E-state index is -2.73. The number of hydrogen-bond donors (Lipinski definition) is 1. The zero-order valence-corrected chi connectivity index (χ0v) is 19.6. The highest BCUT2D eigenvalue weighted by atomic mass is 127. The van der Waals surface area contributed by atoms with Crippen molar-refractivity contribution in [3.05, 3.63) is 78.1 Å². The van der Waals surface area contributed by atoms with Crippen LogP contribution in [0.25, 0.3) is 10.8 Å². The molecule has 2 aromatic carbocycles. The number of rotatable bonds is 3. The van der Waals surface area contributed by atoms with E-state index in [4.69, 9.17) is 0 Å². The van der Waals surface area contributed by atoms with Gasteiger partial charge in [-0.15, -0.1) is 0 Å². The fourth-order valence-corrected chi connectivity index (χ4v) is 9.24. The third-order valence-corrected chi connectivity index (χ3v) is 11.1. The van der Waals surface area contributed by atoms with Gasteiger partial charge in [-0.25, -0.2) is 9.18 Å². The summed E-state index contributed by atoms with van der Waals surface area (Å²) < 4.78 is 19.2. The number of carbonyl (C=O) groups excluding carboxylic acids is 1. The van der Waals surface area contributed by atoms with E-state index in [0.717, 1.165) is 20.9 Å². The molecule has 0 saturated heterocycles. The Hall–Kier alpha value is -2.02. The summed E-state index contributed by atoms with van der Waals surface area (Å²) in [6.07, 6.45) is 0. The lowest BCUT2D eigenvalue weighted by atomic mass is 10.0. The van der Waals surface area contributed by atoms with Gasteiger partial charge >= 0.3 is 5.69 Å². The minimum absolute atomic E-state index is 0.00651. The lowest BCUT2D eigenvalue weighted by Crippen LogP contribution is -2.48. The molecule has 0 aliphatic carbocycles. The van der Waals surface area contributed by atoms with E-state index in [-0.39, 0.29) is 19.4 Å². The van der Waals surface area contributed by atoms with Gasteiger partial charge in [0.2, 0.25) is 0 Å². The SMILES string of the molecule is C=I1=C(C(F)I)NC(=O)c2c1c(=O)n(C)c(=O)n2Cc1cccc2ccccc12. The van der Waals surface area contributed by atoms with Gasteiger partial charge in [-0.1, -0.05) is 65.8 Å². The lowest BCUT2D eigenvalue weighted by molar-refractivity contribution is 0.0964. The van der Waals surface area contributed by atoms with Crippen LogP contribution in [0.2, 0.25) is 0 Å². The summed E-state index contributed by atoms with van der Waals surface area (Å²) in [6.45, 7) is 0.118. The predicted molar refractivity (Wildman–Crippen MR) is 130 cm³/mol. The van der Waals surface area contributed by atoms with Crippen LogP contribution < -0.4 is 16.6 Å². The summed E-state index contributed by atoms with van der Waals surface area (Å²) in [5, 5.41) is 4.51. The number of aromatic nitrogens is 2. The maximum atomic E-state index is 14.0. The molecule has 0 fully saturated rings. The van der Waals surface area contributed by atoms with E-state index in [0.29, 0.717) is 0 Å². The highest BCUT2D eigenvalue weighted by Gasteiger charge is 2.30. The van der Waals surface area contributed by atoms with Crippen LogP contribution in [-0.4, -0.2) is 27.4 Å². The second-order valence-corrected chi connectivity index (χ2v) is 11.9. The number of nitrogens with one attached hydrogen (secondary N) is 1. The zero-order chi connectivity index (χ0) is 20.9. The lowest BCUT2D eigenvalue weighted by Gasteiger charge is -2.23. The minimum Gasteiger partial charge on any atom is -0.316 e. The van der Waals surface area contributed by atoms with Gasteiger partial charge < -0.3 is 5.32 Å². The highest BCUT2D eigenvalue weighted by molar-refractivity contribution is 14.2. The molecule has 0 bridgehead atoms. The first-order valence-electron chi connectivity index (χ1n) is 8.57. The van der Waals surface area contributed by atoms with Gasteiger partial charge in [-0.2, -0.15) is 0 Å². The van der Waals surface area contributed by atoms with Crippen LogP contribution in [0, 0.1) is 3.57 Å². The van der Waals surface area contributed by atoms with Crippen LogP contribution in [0.3, 0.4) is 0 Å². The number of halogens is 3. The van der Waals surface area contributed by atoms with E-state index in [2.05, 4.69) is 9.83 Å². The Kier molecular flexibility index (Phi) is 5.36. The molecule has 1 aliphatic rings. The largest absolute Gasteiger partial charge is 0.331 e. The zero-order valence-electron chi connectivity index (χ0n) is 15.3. The molecule has 0 saturated carbocycles. The van der Waals surface area contributed by atoms with Crippen LogP contribution in [0.15, 0.2) is 52.1 Å². The van der Waals surface area contributed by atoms with Crippen molar-refractivity contribution in [1.29, 1.82) is 0 Å². The summed E-state index contributed by atoms with van der Waals surface area (Å²) in [6, 6.07) is 13.5. The monoisotopic (exact) mass is 619 g/mol. The second kappa shape index (κ2) is 7.67. The highest BCUT2D eigenvalue weighted by Crippen LogP contribution is 2.28. The number of carbonyl (C=O) groups is 1. The number of amides is 1. The van der Waals surface area contributed by atoms with Crippen molar-refractivity contribution in [2.45, 2.75) is 10.7 Å². The van der Waals surface area contributed by atoms with Crippen molar-refractivity contribution in [1.82, 2.24) is 14.5 Å². The molecular formula is C20H16FI2N3O3.